The third-order valence-electron chi connectivity index (χ3n) is 3.88. The fourth-order valence-corrected chi connectivity index (χ4v) is 2.62. The molecular formula is C18H19N5O2. The molecule has 1 fully saturated rings. The molecule has 25 heavy (non-hydrogen) atoms. The van der Waals surface area contributed by atoms with Crippen molar-refractivity contribution in [2.75, 3.05) is 23.8 Å². The SMILES string of the molecule is Cc1nc(NCC2CCCO2)cc(C(=O)Nc2ccc(C#N)cc2)n1. The third kappa shape index (κ3) is 4.52. The molecule has 1 aliphatic heterocycles. The summed E-state index contributed by atoms with van der Waals surface area (Å²) in [5.41, 5.74) is 1.43. The summed E-state index contributed by atoms with van der Waals surface area (Å²) in [5, 5.41) is 14.8. The van der Waals surface area contributed by atoms with Crippen LogP contribution in [0.15, 0.2) is 30.3 Å². The van der Waals surface area contributed by atoms with Gasteiger partial charge in [0, 0.05) is 24.9 Å². The summed E-state index contributed by atoms with van der Waals surface area (Å²) in [6, 6.07) is 10.3. The number of aromatic nitrogens is 2. The lowest BCUT2D eigenvalue weighted by Crippen LogP contribution is -2.20. The molecule has 3 rings (SSSR count). The average molecular weight is 337 g/mol. The number of carbonyl (C=O) groups excluding carboxylic acids is 1. The van der Waals surface area contributed by atoms with Crippen LogP contribution >= 0.6 is 0 Å². The first-order valence-electron chi connectivity index (χ1n) is 8.17. The van der Waals surface area contributed by atoms with Crippen molar-refractivity contribution in [2.45, 2.75) is 25.9 Å². The number of hydrogen-bond donors (Lipinski definition) is 2. The van der Waals surface area contributed by atoms with E-state index in [-0.39, 0.29) is 17.7 Å². The van der Waals surface area contributed by atoms with Crippen LogP contribution in [-0.4, -0.2) is 35.1 Å². The molecule has 0 bridgehead atoms. The second-order valence-corrected chi connectivity index (χ2v) is 5.84. The number of ether oxygens (including phenoxy) is 1. The number of anilines is 2. The van der Waals surface area contributed by atoms with Crippen molar-refractivity contribution < 1.29 is 9.53 Å². The monoisotopic (exact) mass is 337 g/mol. The van der Waals surface area contributed by atoms with Gasteiger partial charge in [-0.05, 0) is 44.0 Å². The molecule has 1 aromatic heterocycles. The maximum absolute atomic E-state index is 12.4. The second-order valence-electron chi connectivity index (χ2n) is 5.84. The highest BCUT2D eigenvalue weighted by atomic mass is 16.5. The maximum atomic E-state index is 12.4. The Morgan fingerprint density at radius 1 is 1.36 bits per heavy atom. The van der Waals surface area contributed by atoms with Crippen LogP contribution in [0.25, 0.3) is 0 Å². The zero-order valence-corrected chi connectivity index (χ0v) is 14.0. The fraction of sp³-hybridized carbons (Fsp3) is 0.333. The van der Waals surface area contributed by atoms with E-state index in [0.29, 0.717) is 29.4 Å². The number of aryl methyl sites for hydroxylation is 1. The highest BCUT2D eigenvalue weighted by Gasteiger charge is 2.16. The van der Waals surface area contributed by atoms with Gasteiger partial charge in [-0.2, -0.15) is 5.26 Å². The van der Waals surface area contributed by atoms with Crippen molar-refractivity contribution in [2.24, 2.45) is 0 Å². The van der Waals surface area contributed by atoms with E-state index in [2.05, 4.69) is 20.6 Å². The van der Waals surface area contributed by atoms with Crippen LogP contribution in [0.5, 0.6) is 0 Å². The molecule has 0 saturated carbocycles. The molecule has 128 valence electrons. The minimum absolute atomic E-state index is 0.186. The zero-order valence-electron chi connectivity index (χ0n) is 14.0. The van der Waals surface area contributed by atoms with Gasteiger partial charge >= 0.3 is 0 Å². The number of amides is 1. The molecule has 1 amide bonds. The zero-order chi connectivity index (χ0) is 17.6. The van der Waals surface area contributed by atoms with Gasteiger partial charge in [-0.3, -0.25) is 4.79 Å². The van der Waals surface area contributed by atoms with Gasteiger partial charge in [0.15, 0.2) is 0 Å². The molecule has 0 radical (unpaired) electrons. The number of nitriles is 1. The van der Waals surface area contributed by atoms with Crippen LogP contribution in [0.2, 0.25) is 0 Å². The Morgan fingerprint density at radius 2 is 2.16 bits per heavy atom. The molecular weight excluding hydrogens is 318 g/mol. The van der Waals surface area contributed by atoms with E-state index >= 15 is 0 Å². The number of nitrogens with one attached hydrogen (secondary N) is 2. The molecule has 1 unspecified atom stereocenters. The minimum Gasteiger partial charge on any atom is -0.376 e. The summed E-state index contributed by atoms with van der Waals surface area (Å²) in [7, 11) is 0. The Hall–Kier alpha value is -2.98. The quantitative estimate of drug-likeness (QED) is 0.869. The van der Waals surface area contributed by atoms with Gasteiger partial charge in [-0.25, -0.2) is 9.97 Å². The van der Waals surface area contributed by atoms with Crippen molar-refractivity contribution in [1.82, 2.24) is 9.97 Å². The smallest absolute Gasteiger partial charge is 0.274 e. The van der Waals surface area contributed by atoms with E-state index in [1.54, 1.807) is 37.3 Å². The van der Waals surface area contributed by atoms with Gasteiger partial charge in [0.1, 0.15) is 17.3 Å². The van der Waals surface area contributed by atoms with Gasteiger partial charge in [0.25, 0.3) is 5.91 Å². The van der Waals surface area contributed by atoms with Crippen molar-refractivity contribution in [3.63, 3.8) is 0 Å². The number of carbonyl (C=O) groups is 1. The number of nitrogens with zero attached hydrogens (tertiary/aromatic N) is 3. The standard InChI is InChI=1S/C18H19N5O2/c1-12-21-16(9-17(22-12)20-11-15-3-2-8-25-15)18(24)23-14-6-4-13(10-19)5-7-14/h4-7,9,15H,2-3,8,11H2,1H3,(H,23,24)(H,20,21,22). The topological polar surface area (TPSA) is 99.9 Å². The summed E-state index contributed by atoms with van der Waals surface area (Å²) >= 11 is 0. The van der Waals surface area contributed by atoms with E-state index in [1.165, 1.54) is 0 Å². The van der Waals surface area contributed by atoms with Crippen molar-refractivity contribution in [3.05, 3.63) is 47.4 Å². The first-order chi connectivity index (χ1) is 12.1. The molecule has 7 nitrogen and oxygen atoms in total. The average Bonchev–Trinajstić information content (AvgIpc) is 3.14. The maximum Gasteiger partial charge on any atom is 0.274 e. The van der Waals surface area contributed by atoms with Gasteiger partial charge in [-0.15, -0.1) is 0 Å². The van der Waals surface area contributed by atoms with Gasteiger partial charge in [0.05, 0.1) is 17.7 Å². The third-order valence-corrected chi connectivity index (χ3v) is 3.88. The Morgan fingerprint density at radius 3 is 2.84 bits per heavy atom. The van der Waals surface area contributed by atoms with E-state index < -0.39 is 0 Å². The second kappa shape index (κ2) is 7.73. The Kier molecular flexibility index (Phi) is 5.21. The fourth-order valence-electron chi connectivity index (χ4n) is 2.62. The lowest BCUT2D eigenvalue weighted by atomic mass is 10.2. The molecule has 0 aliphatic carbocycles. The normalized spacial score (nSPS) is 16.2. The molecule has 2 aromatic rings. The largest absolute Gasteiger partial charge is 0.376 e. The number of rotatable bonds is 5. The van der Waals surface area contributed by atoms with E-state index in [1.807, 2.05) is 6.07 Å². The summed E-state index contributed by atoms with van der Waals surface area (Å²) in [6.07, 6.45) is 2.29. The van der Waals surface area contributed by atoms with E-state index in [9.17, 15) is 4.79 Å². The highest BCUT2D eigenvalue weighted by molar-refractivity contribution is 6.03. The Labute approximate surface area is 146 Å². The predicted molar refractivity (Wildman–Crippen MR) is 93.3 cm³/mol. The van der Waals surface area contributed by atoms with Gasteiger partial charge in [0.2, 0.25) is 0 Å². The summed E-state index contributed by atoms with van der Waals surface area (Å²) in [5.74, 6) is 0.797. The van der Waals surface area contributed by atoms with Crippen molar-refractivity contribution in [3.8, 4) is 6.07 Å². The molecule has 1 aromatic carbocycles. The molecule has 7 heteroatoms. The van der Waals surface area contributed by atoms with Crippen LogP contribution in [0.1, 0.15) is 34.7 Å². The van der Waals surface area contributed by atoms with Gasteiger partial charge in [-0.1, -0.05) is 0 Å². The highest BCUT2D eigenvalue weighted by Crippen LogP contribution is 2.15. The Bertz CT molecular complexity index is 792. The van der Waals surface area contributed by atoms with Crippen LogP contribution in [0.4, 0.5) is 11.5 Å². The van der Waals surface area contributed by atoms with Crippen LogP contribution in [0.3, 0.4) is 0 Å². The molecule has 0 spiro atoms. The number of hydrogen-bond acceptors (Lipinski definition) is 6. The first-order valence-corrected chi connectivity index (χ1v) is 8.17. The summed E-state index contributed by atoms with van der Waals surface area (Å²) in [4.78, 5) is 20.9. The first kappa shape index (κ1) is 16.9. The molecule has 2 N–H and O–H groups in total. The molecule has 1 saturated heterocycles. The number of benzene rings is 1. The van der Waals surface area contributed by atoms with Crippen LogP contribution in [-0.2, 0) is 4.74 Å². The van der Waals surface area contributed by atoms with Crippen molar-refractivity contribution >= 4 is 17.4 Å². The summed E-state index contributed by atoms with van der Waals surface area (Å²) in [6.45, 7) is 3.20. The molecule has 1 aliphatic rings. The Balaban J connectivity index is 1.67. The lowest BCUT2D eigenvalue weighted by molar-refractivity contribution is 0.102. The van der Waals surface area contributed by atoms with Crippen LogP contribution < -0.4 is 10.6 Å². The van der Waals surface area contributed by atoms with Gasteiger partial charge < -0.3 is 15.4 Å². The van der Waals surface area contributed by atoms with Crippen molar-refractivity contribution in [1.29, 1.82) is 5.26 Å². The van der Waals surface area contributed by atoms with E-state index in [0.717, 1.165) is 19.4 Å². The molecule has 2 heterocycles. The van der Waals surface area contributed by atoms with Crippen LogP contribution in [0, 0.1) is 18.3 Å². The van der Waals surface area contributed by atoms with E-state index in [4.69, 9.17) is 10.00 Å². The predicted octanol–water partition coefficient (Wildman–Crippen LogP) is 2.50. The summed E-state index contributed by atoms with van der Waals surface area (Å²) < 4.78 is 5.57. The molecule has 1 atom stereocenters. The minimum atomic E-state index is -0.324. The lowest BCUT2D eigenvalue weighted by Gasteiger charge is -2.12.